The minimum atomic E-state index is 0.771. The summed E-state index contributed by atoms with van der Waals surface area (Å²) >= 11 is 9.45. The average Bonchev–Trinajstić information content (AvgIpc) is 2.35. The van der Waals surface area contributed by atoms with Crippen LogP contribution in [0.3, 0.4) is 0 Å². The molecule has 0 amide bonds. The van der Waals surface area contributed by atoms with Gasteiger partial charge in [-0.1, -0.05) is 43.7 Å². The van der Waals surface area contributed by atoms with Crippen LogP contribution in [0.25, 0.3) is 0 Å². The predicted molar refractivity (Wildman–Crippen MR) is 78.8 cm³/mol. The molecule has 0 unspecified atom stereocenters. The summed E-state index contributed by atoms with van der Waals surface area (Å²) < 4.78 is 0.956. The van der Waals surface area contributed by atoms with E-state index in [1.54, 1.807) is 0 Å². The van der Waals surface area contributed by atoms with Gasteiger partial charge >= 0.3 is 0 Å². The van der Waals surface area contributed by atoms with Gasteiger partial charge in [0.25, 0.3) is 0 Å². The maximum absolute atomic E-state index is 6.05. The van der Waals surface area contributed by atoms with Crippen LogP contribution in [0, 0.1) is 5.92 Å². The Balaban J connectivity index is 1.75. The van der Waals surface area contributed by atoms with E-state index in [9.17, 15) is 0 Å². The first-order chi connectivity index (χ1) is 8.25. The summed E-state index contributed by atoms with van der Waals surface area (Å²) in [5.74, 6) is 0.933. The lowest BCUT2D eigenvalue weighted by Gasteiger charge is -2.21. The summed E-state index contributed by atoms with van der Waals surface area (Å²) in [4.78, 5) is 0. The first-order valence-electron chi connectivity index (χ1n) is 6.44. The van der Waals surface area contributed by atoms with Crippen LogP contribution in [0.5, 0.6) is 0 Å². The monoisotopic (exact) mass is 315 g/mol. The van der Waals surface area contributed by atoms with E-state index in [2.05, 4.69) is 27.3 Å². The van der Waals surface area contributed by atoms with Gasteiger partial charge in [0, 0.05) is 16.7 Å². The van der Waals surface area contributed by atoms with Crippen LogP contribution < -0.4 is 5.32 Å². The van der Waals surface area contributed by atoms with Gasteiger partial charge in [-0.25, -0.2) is 0 Å². The zero-order valence-electron chi connectivity index (χ0n) is 10.0. The Morgan fingerprint density at radius 1 is 1.24 bits per heavy atom. The highest BCUT2D eigenvalue weighted by Crippen LogP contribution is 2.27. The Morgan fingerprint density at radius 2 is 2.00 bits per heavy atom. The third kappa shape index (κ3) is 4.18. The van der Waals surface area contributed by atoms with Crippen molar-refractivity contribution in [2.45, 2.75) is 38.5 Å². The van der Waals surface area contributed by atoms with Crippen molar-refractivity contribution in [3.63, 3.8) is 0 Å². The maximum atomic E-state index is 6.05. The smallest absolute Gasteiger partial charge is 0.0568 e. The van der Waals surface area contributed by atoms with E-state index >= 15 is 0 Å². The number of rotatable bonds is 4. The zero-order valence-corrected chi connectivity index (χ0v) is 12.4. The molecule has 0 bridgehead atoms. The van der Waals surface area contributed by atoms with E-state index in [0.717, 1.165) is 27.6 Å². The Kier molecular flexibility index (Phi) is 5.17. The number of nitrogens with one attached hydrogen (secondary N) is 1. The van der Waals surface area contributed by atoms with Crippen LogP contribution >= 0.6 is 27.5 Å². The van der Waals surface area contributed by atoms with Crippen LogP contribution in [0.2, 0.25) is 5.02 Å². The van der Waals surface area contributed by atoms with E-state index in [-0.39, 0.29) is 0 Å². The van der Waals surface area contributed by atoms with Crippen molar-refractivity contribution in [2.75, 3.05) is 11.9 Å². The molecule has 3 heteroatoms. The van der Waals surface area contributed by atoms with E-state index in [4.69, 9.17) is 11.6 Å². The lowest BCUT2D eigenvalue weighted by Crippen LogP contribution is -2.12. The summed E-state index contributed by atoms with van der Waals surface area (Å²) in [6.07, 6.45) is 8.41. The molecule has 17 heavy (non-hydrogen) atoms. The molecular weight excluding hydrogens is 298 g/mol. The highest BCUT2D eigenvalue weighted by molar-refractivity contribution is 9.10. The fourth-order valence-electron chi connectivity index (χ4n) is 2.50. The van der Waals surface area contributed by atoms with Gasteiger partial charge in [0.1, 0.15) is 0 Å². The van der Waals surface area contributed by atoms with Crippen molar-refractivity contribution in [3.05, 3.63) is 27.7 Å². The maximum Gasteiger partial charge on any atom is 0.0568 e. The lowest BCUT2D eigenvalue weighted by atomic mass is 9.87. The highest BCUT2D eigenvalue weighted by Gasteiger charge is 2.12. The Labute approximate surface area is 117 Å². The van der Waals surface area contributed by atoms with Crippen LogP contribution in [-0.4, -0.2) is 6.54 Å². The summed E-state index contributed by atoms with van der Waals surface area (Å²) in [5.41, 5.74) is 1.12. The molecular formula is C14H19BrClN. The molecule has 1 N–H and O–H groups in total. The third-order valence-electron chi connectivity index (χ3n) is 3.53. The number of hydrogen-bond acceptors (Lipinski definition) is 1. The lowest BCUT2D eigenvalue weighted by molar-refractivity contribution is 0.345. The molecule has 0 saturated heterocycles. The van der Waals surface area contributed by atoms with E-state index in [1.165, 1.54) is 38.5 Å². The predicted octanol–water partition coefficient (Wildman–Crippen LogP) is 5.48. The fraction of sp³-hybridized carbons (Fsp3) is 0.571. The zero-order chi connectivity index (χ0) is 12.1. The Morgan fingerprint density at radius 3 is 2.71 bits per heavy atom. The van der Waals surface area contributed by atoms with Gasteiger partial charge in [-0.05, 0) is 46.5 Å². The topological polar surface area (TPSA) is 12.0 Å². The minimum Gasteiger partial charge on any atom is -0.385 e. The van der Waals surface area contributed by atoms with Crippen LogP contribution in [-0.2, 0) is 0 Å². The minimum absolute atomic E-state index is 0.771. The van der Waals surface area contributed by atoms with Crippen LogP contribution in [0.1, 0.15) is 38.5 Å². The van der Waals surface area contributed by atoms with Crippen molar-refractivity contribution in [1.29, 1.82) is 0 Å². The van der Waals surface area contributed by atoms with Crippen molar-refractivity contribution in [1.82, 2.24) is 0 Å². The second kappa shape index (κ2) is 6.65. The first-order valence-corrected chi connectivity index (χ1v) is 7.62. The molecule has 1 aliphatic carbocycles. The Bertz CT molecular complexity index is 361. The quantitative estimate of drug-likeness (QED) is 0.775. The molecule has 1 aromatic rings. The average molecular weight is 317 g/mol. The molecule has 94 valence electrons. The molecule has 1 saturated carbocycles. The number of hydrogen-bond donors (Lipinski definition) is 1. The normalized spacial score (nSPS) is 17.1. The van der Waals surface area contributed by atoms with Crippen LogP contribution in [0.15, 0.2) is 22.7 Å². The number of anilines is 1. The summed E-state index contributed by atoms with van der Waals surface area (Å²) in [6, 6.07) is 6.04. The van der Waals surface area contributed by atoms with Crippen molar-refractivity contribution >= 4 is 33.2 Å². The fourth-order valence-corrected chi connectivity index (χ4v) is 2.93. The molecule has 1 aliphatic rings. The molecule has 0 radical (unpaired) electrons. The Hall–Kier alpha value is -0.210. The third-order valence-corrected chi connectivity index (χ3v) is 4.76. The summed E-state index contributed by atoms with van der Waals surface area (Å²) in [6.45, 7) is 1.06. The number of halogens is 2. The summed E-state index contributed by atoms with van der Waals surface area (Å²) in [7, 11) is 0. The molecule has 0 atom stereocenters. The standard InChI is InChI=1S/C14H19BrClN/c15-13-7-6-12(10-14(13)16)17-9-8-11-4-2-1-3-5-11/h6-7,10-11,17H,1-5,8-9H2. The molecule has 1 nitrogen and oxygen atoms in total. The second-order valence-corrected chi connectivity index (χ2v) is 6.11. The van der Waals surface area contributed by atoms with Gasteiger partial charge in [-0.15, -0.1) is 0 Å². The highest BCUT2D eigenvalue weighted by atomic mass is 79.9. The van der Waals surface area contributed by atoms with Crippen molar-refractivity contribution in [2.24, 2.45) is 5.92 Å². The van der Waals surface area contributed by atoms with Gasteiger partial charge < -0.3 is 5.32 Å². The molecule has 1 aromatic carbocycles. The van der Waals surface area contributed by atoms with Crippen molar-refractivity contribution in [3.8, 4) is 0 Å². The van der Waals surface area contributed by atoms with Gasteiger partial charge in [0.2, 0.25) is 0 Å². The second-order valence-electron chi connectivity index (χ2n) is 4.85. The molecule has 0 spiro atoms. The van der Waals surface area contributed by atoms with Crippen LogP contribution in [0.4, 0.5) is 5.69 Å². The van der Waals surface area contributed by atoms with E-state index < -0.39 is 0 Å². The molecule has 0 heterocycles. The molecule has 2 rings (SSSR count). The van der Waals surface area contributed by atoms with Gasteiger partial charge in [0.05, 0.1) is 5.02 Å². The largest absolute Gasteiger partial charge is 0.385 e. The van der Waals surface area contributed by atoms with E-state index in [1.807, 2.05) is 12.1 Å². The SMILES string of the molecule is Clc1cc(NCCC2CCCCC2)ccc1Br. The number of benzene rings is 1. The van der Waals surface area contributed by atoms with Crippen molar-refractivity contribution < 1.29 is 0 Å². The van der Waals surface area contributed by atoms with Gasteiger partial charge in [0.15, 0.2) is 0 Å². The molecule has 0 aliphatic heterocycles. The van der Waals surface area contributed by atoms with Gasteiger partial charge in [-0.2, -0.15) is 0 Å². The molecule has 1 fully saturated rings. The van der Waals surface area contributed by atoms with E-state index in [0.29, 0.717) is 0 Å². The first kappa shape index (κ1) is 13.2. The molecule has 0 aromatic heterocycles. The van der Waals surface area contributed by atoms with Gasteiger partial charge in [-0.3, -0.25) is 0 Å². The summed E-state index contributed by atoms with van der Waals surface area (Å²) in [5, 5.41) is 4.23.